The summed E-state index contributed by atoms with van der Waals surface area (Å²) in [6, 6.07) is 6.91. The first-order chi connectivity index (χ1) is 8.70. The first kappa shape index (κ1) is 12.5. The van der Waals surface area contributed by atoms with Gasteiger partial charge in [0.25, 0.3) is 5.91 Å². The van der Waals surface area contributed by atoms with Crippen molar-refractivity contribution >= 4 is 33.3 Å². The molecule has 1 aromatic heterocycles. The van der Waals surface area contributed by atoms with Crippen LogP contribution in [0.3, 0.4) is 0 Å². The molecule has 0 saturated carbocycles. The third kappa shape index (κ3) is 2.82. The number of hydrogen-bond donors (Lipinski definition) is 3. The Labute approximate surface area is 112 Å². The summed E-state index contributed by atoms with van der Waals surface area (Å²) in [5, 5.41) is 2.63. The van der Waals surface area contributed by atoms with Crippen LogP contribution >= 0.6 is 15.9 Å². The highest BCUT2D eigenvalue weighted by atomic mass is 79.9. The Morgan fingerprint density at radius 2 is 2.00 bits per heavy atom. The lowest BCUT2D eigenvalue weighted by molar-refractivity contribution is 0.102. The van der Waals surface area contributed by atoms with E-state index in [4.69, 9.17) is 5.84 Å². The van der Waals surface area contributed by atoms with Gasteiger partial charge in [0, 0.05) is 0 Å². The van der Waals surface area contributed by atoms with Crippen LogP contribution < -0.4 is 16.6 Å². The van der Waals surface area contributed by atoms with Crippen LogP contribution in [0.15, 0.2) is 41.3 Å². The van der Waals surface area contributed by atoms with E-state index in [9.17, 15) is 4.79 Å². The maximum absolute atomic E-state index is 12.0. The molecule has 0 radical (unpaired) electrons. The van der Waals surface area contributed by atoms with E-state index in [-0.39, 0.29) is 5.91 Å². The quantitative estimate of drug-likeness (QED) is 0.593. The number of nitrogens with two attached hydrogens (primary N) is 1. The molecule has 18 heavy (non-hydrogen) atoms. The highest BCUT2D eigenvalue weighted by Gasteiger charge is 2.10. The van der Waals surface area contributed by atoms with Crippen molar-refractivity contribution in [1.29, 1.82) is 0 Å². The molecule has 7 heteroatoms. The molecule has 0 atom stereocenters. The van der Waals surface area contributed by atoms with Crippen molar-refractivity contribution in [3.63, 3.8) is 0 Å². The van der Waals surface area contributed by atoms with E-state index in [1.165, 1.54) is 12.4 Å². The number of amides is 1. The molecule has 6 nitrogen and oxygen atoms in total. The number of halogens is 1. The standard InChI is InChI=1S/C11H10BrN5O/c12-9-5-15-10(6-14-9)16-11(18)7-3-1-2-4-8(7)17-13/h1-6,17H,13H2,(H,15,16,18). The van der Waals surface area contributed by atoms with E-state index in [1.54, 1.807) is 24.3 Å². The molecule has 1 aromatic carbocycles. The summed E-state index contributed by atoms with van der Waals surface area (Å²) in [7, 11) is 0. The molecule has 1 heterocycles. The average molecular weight is 308 g/mol. The molecular weight excluding hydrogens is 298 g/mol. The number of nitrogens with zero attached hydrogens (tertiary/aromatic N) is 2. The Hall–Kier alpha value is -1.99. The molecule has 1 amide bonds. The maximum Gasteiger partial charge on any atom is 0.259 e. The fourth-order valence-corrected chi connectivity index (χ4v) is 1.57. The zero-order valence-corrected chi connectivity index (χ0v) is 10.8. The molecule has 92 valence electrons. The molecule has 0 spiro atoms. The van der Waals surface area contributed by atoms with Gasteiger partial charge in [-0.1, -0.05) is 12.1 Å². The lowest BCUT2D eigenvalue weighted by Gasteiger charge is -2.08. The number of hydrogen-bond acceptors (Lipinski definition) is 5. The number of nitrogen functional groups attached to an aromatic ring is 1. The zero-order valence-electron chi connectivity index (χ0n) is 9.22. The maximum atomic E-state index is 12.0. The molecule has 0 bridgehead atoms. The number of aromatic nitrogens is 2. The van der Waals surface area contributed by atoms with Gasteiger partial charge in [-0.3, -0.25) is 10.6 Å². The predicted molar refractivity (Wildman–Crippen MR) is 71.9 cm³/mol. The molecule has 0 aliphatic rings. The van der Waals surface area contributed by atoms with Gasteiger partial charge in [0.15, 0.2) is 5.82 Å². The second kappa shape index (κ2) is 5.56. The van der Waals surface area contributed by atoms with Crippen molar-refractivity contribution in [2.75, 3.05) is 10.7 Å². The van der Waals surface area contributed by atoms with Crippen molar-refractivity contribution in [1.82, 2.24) is 9.97 Å². The highest BCUT2D eigenvalue weighted by Crippen LogP contribution is 2.15. The van der Waals surface area contributed by atoms with Crippen LogP contribution in [0, 0.1) is 0 Å². The Kier molecular flexibility index (Phi) is 3.85. The van der Waals surface area contributed by atoms with Crippen LogP contribution in [0.4, 0.5) is 11.5 Å². The summed E-state index contributed by atoms with van der Waals surface area (Å²) in [5.41, 5.74) is 3.44. The smallest absolute Gasteiger partial charge is 0.259 e. The third-order valence-corrected chi connectivity index (χ3v) is 2.60. The Morgan fingerprint density at radius 3 is 2.67 bits per heavy atom. The fourth-order valence-electron chi connectivity index (χ4n) is 1.37. The number of anilines is 2. The average Bonchev–Trinajstić information content (AvgIpc) is 2.41. The molecule has 0 aliphatic carbocycles. The summed E-state index contributed by atoms with van der Waals surface area (Å²) < 4.78 is 0.601. The Morgan fingerprint density at radius 1 is 1.22 bits per heavy atom. The van der Waals surface area contributed by atoms with E-state index in [2.05, 4.69) is 36.6 Å². The highest BCUT2D eigenvalue weighted by molar-refractivity contribution is 9.10. The van der Waals surface area contributed by atoms with Crippen molar-refractivity contribution in [2.45, 2.75) is 0 Å². The minimum Gasteiger partial charge on any atom is -0.323 e. The summed E-state index contributed by atoms with van der Waals surface area (Å²) >= 11 is 3.17. The lowest BCUT2D eigenvalue weighted by Crippen LogP contribution is -2.17. The minimum absolute atomic E-state index is 0.305. The third-order valence-electron chi connectivity index (χ3n) is 2.19. The predicted octanol–water partition coefficient (Wildman–Crippen LogP) is 1.78. The molecule has 2 aromatic rings. The second-order valence-electron chi connectivity index (χ2n) is 3.37. The summed E-state index contributed by atoms with van der Waals surface area (Å²) in [5.74, 6) is 5.40. The van der Waals surface area contributed by atoms with Gasteiger partial charge in [-0.15, -0.1) is 0 Å². The number of benzene rings is 1. The summed E-state index contributed by atoms with van der Waals surface area (Å²) in [6.07, 6.45) is 2.96. The van der Waals surface area contributed by atoms with Gasteiger partial charge in [0.1, 0.15) is 4.60 Å². The molecule has 0 unspecified atom stereocenters. The number of para-hydroxylation sites is 1. The van der Waals surface area contributed by atoms with Crippen LogP contribution in [-0.2, 0) is 0 Å². The van der Waals surface area contributed by atoms with Crippen LogP contribution in [0.1, 0.15) is 10.4 Å². The Balaban J connectivity index is 2.19. The van der Waals surface area contributed by atoms with Gasteiger partial charge in [0.2, 0.25) is 0 Å². The monoisotopic (exact) mass is 307 g/mol. The lowest BCUT2D eigenvalue weighted by atomic mass is 10.1. The van der Waals surface area contributed by atoms with Crippen molar-refractivity contribution in [3.05, 3.63) is 46.8 Å². The molecule has 0 fully saturated rings. The van der Waals surface area contributed by atoms with E-state index in [0.717, 1.165) is 0 Å². The largest absolute Gasteiger partial charge is 0.323 e. The molecule has 4 N–H and O–H groups in total. The summed E-state index contributed by atoms with van der Waals surface area (Å²) in [4.78, 5) is 20.0. The van der Waals surface area contributed by atoms with Crippen LogP contribution in [0.2, 0.25) is 0 Å². The van der Waals surface area contributed by atoms with Gasteiger partial charge < -0.3 is 10.7 Å². The number of carbonyl (C=O) groups is 1. The topological polar surface area (TPSA) is 92.9 Å². The van der Waals surface area contributed by atoms with E-state index < -0.39 is 0 Å². The van der Waals surface area contributed by atoms with Gasteiger partial charge in [-0.25, -0.2) is 9.97 Å². The van der Waals surface area contributed by atoms with Crippen molar-refractivity contribution in [2.24, 2.45) is 5.84 Å². The number of rotatable bonds is 3. The number of hydrazine groups is 1. The molecule has 2 rings (SSSR count). The number of carbonyl (C=O) groups excluding carboxylic acids is 1. The first-order valence-corrected chi connectivity index (χ1v) is 5.84. The fraction of sp³-hybridized carbons (Fsp3) is 0. The van der Waals surface area contributed by atoms with Gasteiger partial charge in [-0.2, -0.15) is 0 Å². The summed E-state index contributed by atoms with van der Waals surface area (Å²) in [6.45, 7) is 0. The van der Waals surface area contributed by atoms with E-state index in [1.807, 2.05) is 0 Å². The molecule has 0 saturated heterocycles. The molecular formula is C11H10BrN5O. The van der Waals surface area contributed by atoms with Crippen LogP contribution in [-0.4, -0.2) is 15.9 Å². The number of nitrogens with one attached hydrogen (secondary N) is 2. The zero-order chi connectivity index (χ0) is 13.0. The Bertz CT molecular complexity index is 558. The van der Waals surface area contributed by atoms with Crippen molar-refractivity contribution < 1.29 is 4.79 Å². The minimum atomic E-state index is -0.305. The van der Waals surface area contributed by atoms with Crippen LogP contribution in [0.25, 0.3) is 0 Å². The van der Waals surface area contributed by atoms with Gasteiger partial charge in [0.05, 0.1) is 23.6 Å². The van der Waals surface area contributed by atoms with E-state index in [0.29, 0.717) is 21.7 Å². The normalized spacial score (nSPS) is 9.89. The van der Waals surface area contributed by atoms with Gasteiger partial charge in [-0.05, 0) is 28.1 Å². The van der Waals surface area contributed by atoms with Crippen LogP contribution in [0.5, 0.6) is 0 Å². The SMILES string of the molecule is NNc1ccccc1C(=O)Nc1cnc(Br)cn1. The first-order valence-electron chi connectivity index (χ1n) is 5.05. The van der Waals surface area contributed by atoms with E-state index >= 15 is 0 Å². The second-order valence-corrected chi connectivity index (χ2v) is 4.18. The van der Waals surface area contributed by atoms with Gasteiger partial charge >= 0.3 is 0 Å². The van der Waals surface area contributed by atoms with Crippen molar-refractivity contribution in [3.8, 4) is 0 Å². The molecule has 0 aliphatic heterocycles.